The van der Waals surface area contributed by atoms with Gasteiger partial charge in [-0.15, -0.1) is 0 Å². The molecule has 0 spiro atoms. The number of amidine groups is 1. The lowest BCUT2D eigenvalue weighted by Crippen LogP contribution is -2.29. The number of halogens is 1. The van der Waals surface area contributed by atoms with Gasteiger partial charge in [0.15, 0.2) is 10.9 Å². The Morgan fingerprint density at radius 2 is 2.25 bits per heavy atom. The van der Waals surface area contributed by atoms with Crippen molar-refractivity contribution in [1.82, 2.24) is 0 Å². The van der Waals surface area contributed by atoms with Gasteiger partial charge in [-0.25, -0.2) is 4.39 Å². The zero-order chi connectivity index (χ0) is 17.3. The molecular formula is C17H18FN3O2S. The van der Waals surface area contributed by atoms with Crippen LogP contribution in [0.4, 0.5) is 10.1 Å². The van der Waals surface area contributed by atoms with Crippen molar-refractivity contribution in [1.29, 1.82) is 0 Å². The Hall–Kier alpha value is -2.28. The molecule has 24 heavy (non-hydrogen) atoms. The number of aliphatic imine (C=N–C) groups is 1. The summed E-state index contributed by atoms with van der Waals surface area (Å²) in [4.78, 5) is 16.7. The number of hydrogen-bond acceptors (Lipinski definition) is 5. The fourth-order valence-electron chi connectivity index (χ4n) is 2.69. The summed E-state index contributed by atoms with van der Waals surface area (Å²) < 4.78 is 19.5. The van der Waals surface area contributed by atoms with Crippen LogP contribution in [0.25, 0.3) is 0 Å². The van der Waals surface area contributed by atoms with E-state index in [0.717, 1.165) is 11.3 Å². The molecule has 7 heteroatoms. The van der Waals surface area contributed by atoms with E-state index < -0.39 is 5.54 Å². The van der Waals surface area contributed by atoms with Crippen LogP contribution in [-0.4, -0.2) is 16.8 Å². The topological polar surface area (TPSA) is 80.6 Å². The van der Waals surface area contributed by atoms with Gasteiger partial charge in [-0.2, -0.15) is 0 Å². The first kappa shape index (κ1) is 16.6. The molecule has 0 saturated carbocycles. The summed E-state index contributed by atoms with van der Waals surface area (Å²) >= 11 is 1.46. The smallest absolute Gasteiger partial charge is 0.291 e. The molecule has 0 bridgehead atoms. The summed E-state index contributed by atoms with van der Waals surface area (Å²) in [6.45, 7) is 3.63. The normalized spacial score (nSPS) is 20.5. The molecule has 1 aliphatic heterocycles. The molecule has 126 valence electrons. The zero-order valence-corrected chi connectivity index (χ0v) is 14.2. The third kappa shape index (κ3) is 3.17. The Morgan fingerprint density at radius 1 is 1.46 bits per heavy atom. The van der Waals surface area contributed by atoms with E-state index in [2.05, 4.69) is 10.3 Å². The molecule has 1 amide bonds. The number of anilines is 1. The van der Waals surface area contributed by atoms with Gasteiger partial charge in [-0.3, -0.25) is 9.79 Å². The average Bonchev–Trinajstić information content (AvgIpc) is 2.95. The Kier molecular flexibility index (Phi) is 4.36. The van der Waals surface area contributed by atoms with Gasteiger partial charge in [0.05, 0.1) is 11.8 Å². The highest BCUT2D eigenvalue weighted by molar-refractivity contribution is 8.13. The Morgan fingerprint density at radius 3 is 2.92 bits per heavy atom. The first-order valence-corrected chi connectivity index (χ1v) is 8.51. The SMILES string of the molecule is Cc1ccoc1C(=O)Nc1ccc(F)c([C@]2(C)CCSC(N)=N2)c1. The standard InChI is InChI=1S/C17H18FN3O2S/c1-10-5-7-23-14(10)15(22)20-11-3-4-13(18)12(9-11)17(2)6-8-24-16(19)21-17/h3-5,7,9H,6,8H2,1-2H3,(H2,19,21)(H,20,22)/t17-/m0/s1. The van der Waals surface area contributed by atoms with Gasteiger partial charge >= 0.3 is 0 Å². The highest BCUT2D eigenvalue weighted by Crippen LogP contribution is 2.37. The maximum Gasteiger partial charge on any atom is 0.291 e. The minimum absolute atomic E-state index is 0.239. The molecule has 5 nitrogen and oxygen atoms in total. The number of rotatable bonds is 3. The van der Waals surface area contributed by atoms with Crippen LogP contribution in [0.15, 0.2) is 39.9 Å². The summed E-state index contributed by atoms with van der Waals surface area (Å²) in [7, 11) is 0. The number of nitrogens with two attached hydrogens (primary N) is 1. The Balaban J connectivity index is 1.91. The summed E-state index contributed by atoms with van der Waals surface area (Å²) in [5.74, 6) is 0.270. The largest absolute Gasteiger partial charge is 0.459 e. The summed E-state index contributed by atoms with van der Waals surface area (Å²) in [5, 5.41) is 3.18. The zero-order valence-electron chi connectivity index (χ0n) is 13.4. The molecule has 1 aliphatic rings. The number of nitrogens with one attached hydrogen (secondary N) is 1. The van der Waals surface area contributed by atoms with E-state index in [1.54, 1.807) is 19.1 Å². The van der Waals surface area contributed by atoms with E-state index in [1.165, 1.54) is 30.2 Å². The lowest BCUT2D eigenvalue weighted by molar-refractivity contribution is 0.0996. The van der Waals surface area contributed by atoms with Crippen LogP contribution in [0.3, 0.4) is 0 Å². The predicted octanol–water partition coefficient (Wildman–Crippen LogP) is 3.65. The van der Waals surface area contributed by atoms with Gasteiger partial charge in [0.25, 0.3) is 5.91 Å². The number of hydrogen-bond donors (Lipinski definition) is 2. The van der Waals surface area contributed by atoms with Crippen LogP contribution in [0.5, 0.6) is 0 Å². The van der Waals surface area contributed by atoms with Crippen LogP contribution >= 0.6 is 11.8 Å². The molecule has 1 atom stereocenters. The number of carbonyl (C=O) groups excluding carboxylic acids is 1. The van der Waals surface area contributed by atoms with E-state index >= 15 is 0 Å². The molecule has 2 heterocycles. The van der Waals surface area contributed by atoms with Gasteiger partial charge in [-0.1, -0.05) is 11.8 Å². The minimum Gasteiger partial charge on any atom is -0.459 e. The third-order valence-corrected chi connectivity index (χ3v) is 4.86. The maximum absolute atomic E-state index is 14.4. The molecule has 3 N–H and O–H groups in total. The number of benzene rings is 1. The second-order valence-electron chi connectivity index (χ2n) is 5.90. The second-order valence-corrected chi connectivity index (χ2v) is 7.02. The van der Waals surface area contributed by atoms with Crippen LogP contribution in [-0.2, 0) is 5.54 Å². The van der Waals surface area contributed by atoms with Crippen molar-refractivity contribution in [2.45, 2.75) is 25.8 Å². The van der Waals surface area contributed by atoms with E-state index in [1.807, 2.05) is 6.92 Å². The number of aryl methyl sites for hydroxylation is 1. The van der Waals surface area contributed by atoms with Crippen LogP contribution < -0.4 is 11.1 Å². The molecule has 1 aromatic carbocycles. The van der Waals surface area contributed by atoms with E-state index in [4.69, 9.17) is 10.2 Å². The molecule has 2 aromatic rings. The van der Waals surface area contributed by atoms with Crippen molar-refractivity contribution in [3.05, 3.63) is 53.2 Å². The van der Waals surface area contributed by atoms with E-state index in [9.17, 15) is 9.18 Å². The quantitative estimate of drug-likeness (QED) is 0.888. The predicted molar refractivity (Wildman–Crippen MR) is 93.8 cm³/mol. The van der Waals surface area contributed by atoms with Gasteiger partial charge in [0, 0.05) is 22.6 Å². The van der Waals surface area contributed by atoms with Gasteiger partial charge in [0.1, 0.15) is 5.82 Å². The number of furan rings is 1. The molecule has 0 fully saturated rings. The highest BCUT2D eigenvalue weighted by atomic mass is 32.2. The van der Waals surface area contributed by atoms with Gasteiger partial charge in [0.2, 0.25) is 0 Å². The van der Waals surface area contributed by atoms with Gasteiger partial charge in [-0.05, 0) is 44.5 Å². The maximum atomic E-state index is 14.4. The summed E-state index contributed by atoms with van der Waals surface area (Å²) in [5.41, 5.74) is 6.71. The first-order chi connectivity index (χ1) is 11.4. The third-order valence-electron chi connectivity index (χ3n) is 4.07. The molecular weight excluding hydrogens is 329 g/mol. The highest BCUT2D eigenvalue weighted by Gasteiger charge is 2.32. The number of amides is 1. The lowest BCUT2D eigenvalue weighted by atomic mass is 9.89. The molecule has 0 radical (unpaired) electrons. The van der Waals surface area contributed by atoms with E-state index in [0.29, 0.717) is 22.8 Å². The number of carbonyl (C=O) groups is 1. The van der Waals surface area contributed by atoms with Crippen molar-refractivity contribution in [2.24, 2.45) is 10.7 Å². The van der Waals surface area contributed by atoms with Crippen molar-refractivity contribution >= 4 is 28.5 Å². The Labute approximate surface area is 143 Å². The van der Waals surface area contributed by atoms with Crippen molar-refractivity contribution in [2.75, 3.05) is 11.1 Å². The molecule has 0 aliphatic carbocycles. The fourth-order valence-corrected chi connectivity index (χ4v) is 3.66. The summed E-state index contributed by atoms with van der Waals surface area (Å²) in [6, 6.07) is 6.17. The molecule has 3 rings (SSSR count). The summed E-state index contributed by atoms with van der Waals surface area (Å²) in [6.07, 6.45) is 2.13. The number of thioether (sulfide) groups is 1. The molecule has 0 saturated heterocycles. The average molecular weight is 347 g/mol. The van der Waals surface area contributed by atoms with Crippen LogP contribution in [0, 0.1) is 12.7 Å². The lowest BCUT2D eigenvalue weighted by Gasteiger charge is -2.30. The molecule has 0 unspecified atom stereocenters. The number of nitrogens with zero attached hydrogens (tertiary/aromatic N) is 1. The van der Waals surface area contributed by atoms with Gasteiger partial charge < -0.3 is 15.5 Å². The first-order valence-electron chi connectivity index (χ1n) is 7.53. The van der Waals surface area contributed by atoms with E-state index in [-0.39, 0.29) is 17.5 Å². The van der Waals surface area contributed by atoms with Crippen LogP contribution in [0.2, 0.25) is 0 Å². The van der Waals surface area contributed by atoms with Crippen LogP contribution in [0.1, 0.15) is 35.0 Å². The van der Waals surface area contributed by atoms with Crippen molar-refractivity contribution in [3.8, 4) is 0 Å². The second kappa shape index (κ2) is 6.32. The fraction of sp³-hybridized carbons (Fsp3) is 0.294. The molecule has 1 aromatic heterocycles. The van der Waals surface area contributed by atoms with Crippen molar-refractivity contribution < 1.29 is 13.6 Å². The minimum atomic E-state index is -0.735. The monoisotopic (exact) mass is 347 g/mol. The van der Waals surface area contributed by atoms with Crippen molar-refractivity contribution in [3.63, 3.8) is 0 Å². The Bertz CT molecular complexity index is 818.